The van der Waals surface area contributed by atoms with Gasteiger partial charge in [-0.15, -0.1) is 0 Å². The van der Waals surface area contributed by atoms with Crippen molar-refractivity contribution < 1.29 is 22.3 Å². The minimum absolute atomic E-state index is 0.0422. The normalized spacial score (nSPS) is 19.6. The molecule has 21 heavy (non-hydrogen) atoms. The van der Waals surface area contributed by atoms with Gasteiger partial charge in [0.2, 0.25) is 0 Å². The molecule has 0 saturated carbocycles. The largest absolute Gasteiger partial charge is 0.380 e. The second kappa shape index (κ2) is 6.29. The second-order valence-electron chi connectivity index (χ2n) is 4.83. The van der Waals surface area contributed by atoms with E-state index in [9.17, 15) is 17.6 Å². The van der Waals surface area contributed by atoms with Gasteiger partial charge in [0.25, 0.3) is 15.0 Å². The first kappa shape index (κ1) is 16.2. The molecule has 0 aromatic heterocycles. The molecule has 2 rings (SSSR count). The fourth-order valence-corrected chi connectivity index (χ4v) is 3.24. The molecule has 0 spiro atoms. The molecule has 1 aromatic rings. The van der Waals surface area contributed by atoms with E-state index in [2.05, 4.69) is 0 Å². The van der Waals surface area contributed by atoms with Crippen LogP contribution >= 0.6 is 10.7 Å². The van der Waals surface area contributed by atoms with Gasteiger partial charge in [-0.25, -0.2) is 12.8 Å². The Balaban J connectivity index is 2.28. The summed E-state index contributed by atoms with van der Waals surface area (Å²) in [6.07, 6.45) is 1.62. The number of carbonyl (C=O) groups is 1. The molecular weight excluding hydrogens is 321 g/mol. The van der Waals surface area contributed by atoms with Crippen molar-refractivity contribution in [1.82, 2.24) is 4.90 Å². The van der Waals surface area contributed by atoms with Crippen LogP contribution in [0.3, 0.4) is 0 Å². The SMILES string of the molecule is COC1CCCN(C(=O)c2ccc(F)c(S(=O)(=O)Cl)c2)C1. The number of hydrogen-bond acceptors (Lipinski definition) is 4. The number of halogens is 2. The fourth-order valence-electron chi connectivity index (χ4n) is 2.32. The van der Waals surface area contributed by atoms with Crippen molar-refractivity contribution in [3.05, 3.63) is 29.6 Å². The summed E-state index contributed by atoms with van der Waals surface area (Å²) in [6.45, 7) is 0.981. The lowest BCUT2D eigenvalue weighted by Gasteiger charge is -2.32. The Labute approximate surface area is 127 Å². The van der Waals surface area contributed by atoms with Crippen LogP contribution in [0.5, 0.6) is 0 Å². The molecule has 0 aliphatic carbocycles. The molecule has 0 radical (unpaired) electrons. The number of piperidine rings is 1. The molecule has 0 N–H and O–H groups in total. The molecule has 0 bridgehead atoms. The smallest absolute Gasteiger partial charge is 0.264 e. The van der Waals surface area contributed by atoms with Crippen LogP contribution in [-0.4, -0.2) is 45.5 Å². The number of hydrogen-bond donors (Lipinski definition) is 0. The number of benzene rings is 1. The first-order valence-electron chi connectivity index (χ1n) is 6.39. The number of methoxy groups -OCH3 is 1. The van der Waals surface area contributed by atoms with E-state index in [1.807, 2.05) is 0 Å². The highest BCUT2D eigenvalue weighted by Gasteiger charge is 2.26. The van der Waals surface area contributed by atoms with Gasteiger partial charge in [0.15, 0.2) is 0 Å². The Kier molecular flexibility index (Phi) is 4.85. The Hall–Kier alpha value is -1.18. The molecule has 1 fully saturated rings. The average molecular weight is 336 g/mol. The van der Waals surface area contributed by atoms with Crippen LogP contribution in [0.1, 0.15) is 23.2 Å². The quantitative estimate of drug-likeness (QED) is 0.793. The van der Waals surface area contributed by atoms with Crippen LogP contribution in [0.25, 0.3) is 0 Å². The van der Waals surface area contributed by atoms with Crippen LogP contribution in [-0.2, 0) is 13.8 Å². The van der Waals surface area contributed by atoms with Gasteiger partial charge < -0.3 is 9.64 Å². The van der Waals surface area contributed by atoms with Gasteiger partial charge in [-0.3, -0.25) is 4.79 Å². The van der Waals surface area contributed by atoms with Crippen molar-refractivity contribution in [3.63, 3.8) is 0 Å². The van der Waals surface area contributed by atoms with Gasteiger partial charge in [-0.1, -0.05) is 0 Å². The maximum atomic E-state index is 13.5. The second-order valence-corrected chi connectivity index (χ2v) is 7.37. The van der Waals surface area contributed by atoms with Gasteiger partial charge in [0, 0.05) is 36.4 Å². The van der Waals surface area contributed by atoms with Crippen LogP contribution in [0, 0.1) is 5.82 Å². The van der Waals surface area contributed by atoms with Crippen molar-refractivity contribution in [2.45, 2.75) is 23.8 Å². The Bertz CT molecular complexity index is 650. The summed E-state index contributed by atoms with van der Waals surface area (Å²) in [4.78, 5) is 13.2. The molecule has 5 nitrogen and oxygen atoms in total. The summed E-state index contributed by atoms with van der Waals surface area (Å²) >= 11 is 0. The van der Waals surface area contributed by atoms with Crippen LogP contribution < -0.4 is 0 Å². The van der Waals surface area contributed by atoms with Crippen molar-refractivity contribution in [2.24, 2.45) is 0 Å². The topological polar surface area (TPSA) is 63.7 Å². The van der Waals surface area contributed by atoms with Gasteiger partial charge in [-0.2, -0.15) is 0 Å². The van der Waals surface area contributed by atoms with Crippen molar-refractivity contribution >= 4 is 25.6 Å². The molecule has 1 amide bonds. The lowest BCUT2D eigenvalue weighted by Crippen LogP contribution is -2.42. The van der Waals surface area contributed by atoms with Crippen molar-refractivity contribution in [3.8, 4) is 0 Å². The first-order valence-corrected chi connectivity index (χ1v) is 8.70. The number of nitrogens with zero attached hydrogens (tertiary/aromatic N) is 1. The summed E-state index contributed by atoms with van der Waals surface area (Å²) in [5.74, 6) is -1.34. The van der Waals surface area contributed by atoms with Gasteiger partial charge in [0.05, 0.1) is 6.10 Å². The molecule has 1 saturated heterocycles. The van der Waals surface area contributed by atoms with E-state index in [0.29, 0.717) is 13.1 Å². The summed E-state index contributed by atoms with van der Waals surface area (Å²) < 4.78 is 41.3. The standard InChI is InChI=1S/C13H15ClFNO4S/c1-20-10-3-2-6-16(8-10)13(17)9-4-5-11(15)12(7-9)21(14,18)19/h4-5,7,10H,2-3,6,8H2,1H3. The predicted octanol–water partition coefficient (Wildman–Crippen LogP) is 2.00. The predicted molar refractivity (Wildman–Crippen MR) is 75.4 cm³/mol. The van der Waals surface area contributed by atoms with E-state index in [0.717, 1.165) is 25.0 Å². The first-order chi connectivity index (χ1) is 9.82. The summed E-state index contributed by atoms with van der Waals surface area (Å²) in [7, 11) is 2.50. The van der Waals surface area contributed by atoms with Gasteiger partial charge >= 0.3 is 0 Å². The van der Waals surface area contributed by atoms with E-state index >= 15 is 0 Å². The Morgan fingerprint density at radius 2 is 2.19 bits per heavy atom. The molecule has 1 atom stereocenters. The van der Waals surface area contributed by atoms with Crippen molar-refractivity contribution in [2.75, 3.05) is 20.2 Å². The van der Waals surface area contributed by atoms with E-state index < -0.39 is 19.8 Å². The highest BCUT2D eigenvalue weighted by atomic mass is 35.7. The maximum absolute atomic E-state index is 13.5. The summed E-state index contributed by atoms with van der Waals surface area (Å²) in [5.41, 5.74) is 0.0902. The molecule has 1 aliphatic heterocycles. The molecule has 8 heteroatoms. The summed E-state index contributed by atoms with van der Waals surface area (Å²) in [6, 6.07) is 3.15. The third-order valence-corrected chi connectivity index (χ3v) is 4.78. The highest BCUT2D eigenvalue weighted by molar-refractivity contribution is 8.13. The fraction of sp³-hybridized carbons (Fsp3) is 0.462. The Morgan fingerprint density at radius 1 is 1.48 bits per heavy atom. The van der Waals surface area contributed by atoms with E-state index in [1.165, 1.54) is 6.07 Å². The number of ether oxygens (including phenoxy) is 1. The molecule has 116 valence electrons. The lowest BCUT2D eigenvalue weighted by atomic mass is 10.1. The molecule has 1 heterocycles. The van der Waals surface area contributed by atoms with Crippen LogP contribution in [0.2, 0.25) is 0 Å². The number of amides is 1. The molecule has 1 aliphatic rings. The molecule has 1 unspecified atom stereocenters. The third-order valence-electron chi connectivity index (χ3n) is 3.44. The minimum Gasteiger partial charge on any atom is -0.380 e. The minimum atomic E-state index is -4.23. The molecular formula is C13H15ClFNO4S. The third kappa shape index (κ3) is 3.72. The van der Waals surface area contributed by atoms with E-state index in [4.69, 9.17) is 15.4 Å². The Morgan fingerprint density at radius 3 is 2.81 bits per heavy atom. The zero-order chi connectivity index (χ0) is 15.6. The molecule has 1 aromatic carbocycles. The van der Waals surface area contributed by atoms with Crippen LogP contribution in [0.4, 0.5) is 4.39 Å². The van der Waals surface area contributed by atoms with Crippen LogP contribution in [0.15, 0.2) is 23.1 Å². The maximum Gasteiger partial charge on any atom is 0.264 e. The van der Waals surface area contributed by atoms with E-state index in [1.54, 1.807) is 12.0 Å². The van der Waals surface area contributed by atoms with Crippen molar-refractivity contribution in [1.29, 1.82) is 0 Å². The van der Waals surface area contributed by atoms with E-state index in [-0.39, 0.29) is 17.6 Å². The zero-order valence-electron chi connectivity index (χ0n) is 11.4. The monoisotopic (exact) mass is 335 g/mol. The number of rotatable bonds is 3. The zero-order valence-corrected chi connectivity index (χ0v) is 13.0. The lowest BCUT2D eigenvalue weighted by molar-refractivity contribution is 0.0268. The number of likely N-dealkylation sites (tertiary alicyclic amines) is 1. The summed E-state index contributed by atoms with van der Waals surface area (Å²) in [5, 5.41) is 0. The van der Waals surface area contributed by atoms with Gasteiger partial charge in [-0.05, 0) is 31.0 Å². The average Bonchev–Trinajstić information content (AvgIpc) is 2.46. The van der Waals surface area contributed by atoms with Gasteiger partial charge in [0.1, 0.15) is 10.7 Å². The number of carbonyl (C=O) groups excluding carboxylic acids is 1. The highest BCUT2D eigenvalue weighted by Crippen LogP contribution is 2.22.